The summed E-state index contributed by atoms with van der Waals surface area (Å²) in [4.78, 5) is 28.0. The van der Waals surface area contributed by atoms with Crippen molar-refractivity contribution in [2.75, 3.05) is 0 Å². The highest BCUT2D eigenvalue weighted by atomic mass is 32.1. The third-order valence-electron chi connectivity index (χ3n) is 3.65. The van der Waals surface area contributed by atoms with Crippen LogP contribution in [0.2, 0.25) is 0 Å². The van der Waals surface area contributed by atoms with Gasteiger partial charge in [0.05, 0.1) is 21.6 Å². The van der Waals surface area contributed by atoms with Gasteiger partial charge in [0, 0.05) is 12.8 Å². The first-order valence-electron chi connectivity index (χ1n) is 7.29. The van der Waals surface area contributed by atoms with Crippen molar-refractivity contribution in [3.63, 3.8) is 0 Å². The SMILES string of the molecule is O=C(CCc1nc2ccccc2s1)O[C@H]1CCCCC1=O. The van der Waals surface area contributed by atoms with E-state index in [0.29, 0.717) is 19.3 Å². The molecule has 0 radical (unpaired) electrons. The number of para-hydroxylation sites is 1. The third-order valence-corrected chi connectivity index (χ3v) is 4.75. The topological polar surface area (TPSA) is 56.3 Å². The van der Waals surface area contributed by atoms with Crippen LogP contribution in [0, 0.1) is 0 Å². The summed E-state index contributed by atoms with van der Waals surface area (Å²) in [5.41, 5.74) is 0.966. The molecule has 0 N–H and O–H groups in total. The van der Waals surface area contributed by atoms with E-state index in [1.54, 1.807) is 11.3 Å². The first kappa shape index (κ1) is 14.2. The van der Waals surface area contributed by atoms with Crippen LogP contribution in [0.3, 0.4) is 0 Å². The fraction of sp³-hybridized carbons (Fsp3) is 0.438. The number of aryl methyl sites for hydroxylation is 1. The van der Waals surface area contributed by atoms with E-state index < -0.39 is 6.10 Å². The van der Waals surface area contributed by atoms with Crippen molar-refractivity contribution >= 4 is 33.3 Å². The summed E-state index contributed by atoms with van der Waals surface area (Å²) in [5.74, 6) is -0.232. The molecule has 1 saturated carbocycles. The number of nitrogens with zero attached hydrogens (tertiary/aromatic N) is 1. The lowest BCUT2D eigenvalue weighted by atomic mass is 9.96. The largest absolute Gasteiger partial charge is 0.454 e. The number of thiazole rings is 1. The summed E-state index contributed by atoms with van der Waals surface area (Å²) in [6.45, 7) is 0. The molecule has 0 aliphatic heterocycles. The number of carbonyl (C=O) groups is 2. The van der Waals surface area contributed by atoms with Gasteiger partial charge in [0.1, 0.15) is 0 Å². The molecule has 1 aliphatic rings. The Morgan fingerprint density at radius 3 is 3.00 bits per heavy atom. The van der Waals surface area contributed by atoms with E-state index in [1.165, 1.54) is 0 Å². The summed E-state index contributed by atoms with van der Waals surface area (Å²) in [7, 11) is 0. The van der Waals surface area contributed by atoms with E-state index in [4.69, 9.17) is 4.74 Å². The minimum atomic E-state index is -0.512. The van der Waals surface area contributed by atoms with Gasteiger partial charge in [-0.15, -0.1) is 11.3 Å². The number of hydrogen-bond acceptors (Lipinski definition) is 5. The van der Waals surface area contributed by atoms with Crippen LogP contribution in [-0.2, 0) is 20.7 Å². The van der Waals surface area contributed by atoms with Gasteiger partial charge in [-0.25, -0.2) is 4.98 Å². The molecule has 1 fully saturated rings. The molecule has 0 unspecified atom stereocenters. The monoisotopic (exact) mass is 303 g/mol. The Hall–Kier alpha value is -1.75. The molecule has 0 saturated heterocycles. The zero-order valence-corrected chi connectivity index (χ0v) is 12.5. The van der Waals surface area contributed by atoms with Gasteiger partial charge >= 0.3 is 5.97 Å². The number of hydrogen-bond donors (Lipinski definition) is 0. The Morgan fingerprint density at radius 1 is 1.33 bits per heavy atom. The van der Waals surface area contributed by atoms with E-state index >= 15 is 0 Å². The molecular formula is C16H17NO3S. The molecule has 0 spiro atoms. The molecule has 4 nitrogen and oxygen atoms in total. The number of ketones is 1. The maximum atomic E-state index is 11.8. The predicted octanol–water partition coefficient (Wildman–Crippen LogP) is 3.28. The second-order valence-corrected chi connectivity index (χ2v) is 6.38. The molecule has 110 valence electrons. The zero-order valence-electron chi connectivity index (χ0n) is 11.7. The molecule has 3 rings (SSSR count). The van der Waals surface area contributed by atoms with Crippen LogP contribution in [0.25, 0.3) is 10.2 Å². The first-order valence-corrected chi connectivity index (χ1v) is 8.10. The quantitative estimate of drug-likeness (QED) is 0.813. The van der Waals surface area contributed by atoms with E-state index in [0.717, 1.165) is 28.1 Å². The molecule has 0 bridgehead atoms. The molecule has 5 heteroatoms. The zero-order chi connectivity index (χ0) is 14.7. The standard InChI is InChI=1S/C16H17NO3S/c18-12-6-2-3-7-13(12)20-16(19)10-9-15-17-11-5-1-4-8-14(11)21-15/h1,4-5,8,13H,2-3,6-7,9-10H2/t13-/m0/s1. The predicted molar refractivity (Wildman–Crippen MR) is 81.3 cm³/mol. The average molecular weight is 303 g/mol. The Kier molecular flexibility index (Phi) is 4.29. The number of rotatable bonds is 4. The highest BCUT2D eigenvalue weighted by Gasteiger charge is 2.25. The Morgan fingerprint density at radius 2 is 2.19 bits per heavy atom. The molecule has 21 heavy (non-hydrogen) atoms. The van der Waals surface area contributed by atoms with Gasteiger partial charge in [-0.05, 0) is 31.4 Å². The maximum Gasteiger partial charge on any atom is 0.306 e. The summed E-state index contributed by atoms with van der Waals surface area (Å²) in [6, 6.07) is 7.92. The number of fused-ring (bicyclic) bond motifs is 1. The number of esters is 1. The van der Waals surface area contributed by atoms with Crippen molar-refractivity contribution in [2.24, 2.45) is 0 Å². The number of benzene rings is 1. The van der Waals surface area contributed by atoms with E-state index in [1.807, 2.05) is 24.3 Å². The van der Waals surface area contributed by atoms with Gasteiger partial charge in [-0.1, -0.05) is 12.1 Å². The average Bonchev–Trinajstić information content (AvgIpc) is 2.90. The van der Waals surface area contributed by atoms with Crippen molar-refractivity contribution in [3.8, 4) is 0 Å². The van der Waals surface area contributed by atoms with Gasteiger partial charge in [-0.2, -0.15) is 0 Å². The summed E-state index contributed by atoms with van der Waals surface area (Å²) in [5, 5.41) is 0.933. The van der Waals surface area contributed by atoms with Gasteiger partial charge < -0.3 is 4.74 Å². The van der Waals surface area contributed by atoms with Crippen LogP contribution >= 0.6 is 11.3 Å². The molecule has 1 aliphatic carbocycles. The Balaban J connectivity index is 1.54. The molecule has 1 aromatic carbocycles. The van der Waals surface area contributed by atoms with Crippen molar-refractivity contribution in [3.05, 3.63) is 29.3 Å². The Labute approximate surface area is 127 Å². The minimum Gasteiger partial charge on any atom is -0.454 e. The molecule has 0 amide bonds. The second kappa shape index (κ2) is 6.35. The molecule has 1 atom stereocenters. The van der Waals surface area contributed by atoms with Gasteiger partial charge in [-0.3, -0.25) is 9.59 Å². The highest BCUT2D eigenvalue weighted by molar-refractivity contribution is 7.18. The van der Waals surface area contributed by atoms with Crippen molar-refractivity contribution in [1.29, 1.82) is 0 Å². The van der Waals surface area contributed by atoms with Crippen LogP contribution in [0.5, 0.6) is 0 Å². The fourth-order valence-electron chi connectivity index (χ4n) is 2.53. The second-order valence-electron chi connectivity index (χ2n) is 5.27. The highest BCUT2D eigenvalue weighted by Crippen LogP contribution is 2.23. The van der Waals surface area contributed by atoms with E-state index in [9.17, 15) is 9.59 Å². The van der Waals surface area contributed by atoms with Crippen LogP contribution in [0.1, 0.15) is 37.1 Å². The molecular weight excluding hydrogens is 286 g/mol. The molecule has 2 aromatic rings. The summed E-state index contributed by atoms with van der Waals surface area (Å²) >= 11 is 1.60. The maximum absolute atomic E-state index is 11.8. The lowest BCUT2D eigenvalue weighted by Gasteiger charge is -2.20. The third kappa shape index (κ3) is 3.47. The van der Waals surface area contributed by atoms with Gasteiger partial charge in [0.15, 0.2) is 11.9 Å². The van der Waals surface area contributed by atoms with Crippen molar-refractivity contribution in [2.45, 2.75) is 44.6 Å². The van der Waals surface area contributed by atoms with Crippen LogP contribution in [0.15, 0.2) is 24.3 Å². The van der Waals surface area contributed by atoms with Gasteiger partial charge in [0.2, 0.25) is 0 Å². The van der Waals surface area contributed by atoms with Crippen LogP contribution in [0.4, 0.5) is 0 Å². The van der Waals surface area contributed by atoms with Crippen LogP contribution in [-0.4, -0.2) is 22.8 Å². The smallest absolute Gasteiger partial charge is 0.306 e. The molecule has 1 heterocycles. The number of ether oxygens (including phenoxy) is 1. The number of Topliss-reactive ketones (excluding diaryl/α,β-unsaturated/α-hetero) is 1. The number of carbonyl (C=O) groups excluding carboxylic acids is 2. The lowest BCUT2D eigenvalue weighted by Crippen LogP contribution is -2.30. The minimum absolute atomic E-state index is 0.0644. The first-order chi connectivity index (χ1) is 10.2. The Bertz CT molecular complexity index is 631. The lowest BCUT2D eigenvalue weighted by molar-refractivity contribution is -0.156. The van der Waals surface area contributed by atoms with Crippen molar-refractivity contribution in [1.82, 2.24) is 4.98 Å². The summed E-state index contributed by atoms with van der Waals surface area (Å²) < 4.78 is 6.42. The normalized spacial score (nSPS) is 18.9. The van der Waals surface area contributed by atoms with E-state index in [-0.39, 0.29) is 18.2 Å². The van der Waals surface area contributed by atoms with Crippen molar-refractivity contribution < 1.29 is 14.3 Å². The summed E-state index contributed by atoms with van der Waals surface area (Å²) in [6.07, 6.45) is 3.42. The van der Waals surface area contributed by atoms with Gasteiger partial charge in [0.25, 0.3) is 0 Å². The van der Waals surface area contributed by atoms with E-state index in [2.05, 4.69) is 4.98 Å². The molecule has 1 aromatic heterocycles. The fourth-order valence-corrected chi connectivity index (χ4v) is 3.50. The van der Waals surface area contributed by atoms with Crippen LogP contribution < -0.4 is 0 Å². The number of aromatic nitrogens is 1.